The fraction of sp³-hybridized carbons (Fsp3) is 0. The second-order valence-corrected chi connectivity index (χ2v) is 1.74. The quantitative estimate of drug-likeness (QED) is 0.370. The summed E-state index contributed by atoms with van der Waals surface area (Å²) in [6, 6.07) is 0. The molecule has 0 radical (unpaired) electrons. The van der Waals surface area contributed by atoms with Crippen molar-refractivity contribution in [2.75, 3.05) is 0 Å². The summed E-state index contributed by atoms with van der Waals surface area (Å²) in [5.41, 5.74) is 0. The van der Waals surface area contributed by atoms with Gasteiger partial charge in [-0.1, -0.05) is 5.10 Å². The second-order valence-electron chi connectivity index (χ2n) is 1.74. The van der Waals surface area contributed by atoms with Gasteiger partial charge < -0.3 is 12.4 Å². The summed E-state index contributed by atoms with van der Waals surface area (Å²) in [7, 11) is 0. The minimum absolute atomic E-state index is 0. The number of aliphatic imine (C=N–C) groups is 2. The normalized spacial score (nSPS) is 25.6. The molecule has 2 heterocycles. The SMILES string of the molecule is C1=C[NH+]2N=CN=C2C=N1.[Cl-]. The van der Waals surface area contributed by atoms with Crippen LogP contribution in [0.4, 0.5) is 0 Å². The third-order valence-corrected chi connectivity index (χ3v) is 1.17. The van der Waals surface area contributed by atoms with Crippen LogP contribution in [0.3, 0.4) is 0 Å². The molecule has 2 rings (SSSR count). The van der Waals surface area contributed by atoms with E-state index in [-0.39, 0.29) is 12.4 Å². The molecule has 0 aromatic carbocycles. The standard InChI is InChI=1S/C5H4N4.ClH/c1-2-9-5(3-6-1)7-4-8-9;/h1-4H;1H. The van der Waals surface area contributed by atoms with Crippen LogP contribution in [0.2, 0.25) is 0 Å². The first-order valence-corrected chi connectivity index (χ1v) is 2.64. The average molecular weight is 157 g/mol. The molecular formula is C5H5ClN4. The number of rotatable bonds is 0. The molecule has 52 valence electrons. The zero-order valence-electron chi connectivity index (χ0n) is 5.03. The summed E-state index contributed by atoms with van der Waals surface area (Å²) < 4.78 is 0. The van der Waals surface area contributed by atoms with Gasteiger partial charge >= 0.3 is 0 Å². The van der Waals surface area contributed by atoms with Gasteiger partial charge in [0.25, 0.3) is 5.84 Å². The molecule has 0 saturated heterocycles. The number of amidine groups is 1. The Hall–Kier alpha value is -1.00. The van der Waals surface area contributed by atoms with Gasteiger partial charge in [0, 0.05) is 0 Å². The minimum atomic E-state index is 0. The molecule has 0 bridgehead atoms. The van der Waals surface area contributed by atoms with Crippen molar-refractivity contribution < 1.29 is 17.4 Å². The molecule has 1 N–H and O–H groups in total. The Labute approximate surface area is 64.1 Å². The van der Waals surface area contributed by atoms with Crippen LogP contribution >= 0.6 is 0 Å². The van der Waals surface area contributed by atoms with Gasteiger partial charge in [0.1, 0.15) is 12.4 Å². The summed E-state index contributed by atoms with van der Waals surface area (Å²) in [5, 5.41) is 4.88. The van der Waals surface area contributed by atoms with Crippen molar-refractivity contribution in [3.63, 3.8) is 0 Å². The van der Waals surface area contributed by atoms with E-state index in [1.165, 1.54) is 6.34 Å². The van der Waals surface area contributed by atoms with Crippen molar-refractivity contribution in [2.24, 2.45) is 15.1 Å². The maximum Gasteiger partial charge on any atom is 0.277 e. The fourth-order valence-electron chi connectivity index (χ4n) is 0.741. The number of halogens is 1. The van der Waals surface area contributed by atoms with Gasteiger partial charge in [-0.25, -0.2) is 0 Å². The molecule has 1 atom stereocenters. The van der Waals surface area contributed by atoms with Gasteiger partial charge in [-0.2, -0.15) is 4.99 Å². The smallest absolute Gasteiger partial charge is 0.277 e. The lowest BCUT2D eigenvalue weighted by molar-refractivity contribution is -0.748. The van der Waals surface area contributed by atoms with Crippen LogP contribution in [0, 0.1) is 0 Å². The Morgan fingerprint density at radius 2 is 2.30 bits per heavy atom. The highest BCUT2D eigenvalue weighted by Crippen LogP contribution is 1.79. The Morgan fingerprint density at radius 1 is 1.40 bits per heavy atom. The van der Waals surface area contributed by atoms with Crippen LogP contribution in [0.25, 0.3) is 0 Å². The average Bonchev–Trinajstić information content (AvgIpc) is 2.33. The highest BCUT2D eigenvalue weighted by atomic mass is 35.5. The van der Waals surface area contributed by atoms with Gasteiger partial charge in [0.2, 0.25) is 0 Å². The predicted octanol–water partition coefficient (Wildman–Crippen LogP) is -4.21. The molecule has 0 aliphatic carbocycles. The molecule has 2 aliphatic rings. The molecule has 0 amide bonds. The van der Waals surface area contributed by atoms with E-state index in [2.05, 4.69) is 15.1 Å². The highest BCUT2D eigenvalue weighted by molar-refractivity contribution is 6.27. The molecule has 1 unspecified atom stereocenters. The van der Waals surface area contributed by atoms with Crippen LogP contribution in [0.1, 0.15) is 0 Å². The topological polar surface area (TPSA) is 41.5 Å². The van der Waals surface area contributed by atoms with E-state index >= 15 is 0 Å². The summed E-state index contributed by atoms with van der Waals surface area (Å²) in [6.07, 6.45) is 6.77. The van der Waals surface area contributed by atoms with Crippen LogP contribution in [0.15, 0.2) is 27.5 Å². The number of quaternary nitrogens is 1. The number of fused-ring (bicyclic) bond motifs is 1. The summed E-state index contributed by atoms with van der Waals surface area (Å²) >= 11 is 0. The van der Waals surface area contributed by atoms with Crippen molar-refractivity contribution in [3.05, 3.63) is 12.4 Å². The molecule has 5 heteroatoms. The minimum Gasteiger partial charge on any atom is -1.00 e. The Kier molecular flexibility index (Phi) is 1.94. The lowest BCUT2D eigenvalue weighted by Crippen LogP contribution is -3.05. The molecule has 0 saturated carbocycles. The number of nitrogens with one attached hydrogen (secondary N) is 1. The number of nitrogens with zero attached hydrogens (tertiary/aromatic N) is 3. The van der Waals surface area contributed by atoms with Crippen LogP contribution in [-0.4, -0.2) is 18.4 Å². The molecule has 0 spiro atoms. The van der Waals surface area contributed by atoms with E-state index in [9.17, 15) is 0 Å². The molecule has 4 nitrogen and oxygen atoms in total. The van der Waals surface area contributed by atoms with Gasteiger partial charge in [-0.15, -0.1) is 5.01 Å². The maximum absolute atomic E-state index is 3.97. The van der Waals surface area contributed by atoms with E-state index in [1.807, 2.05) is 6.20 Å². The third kappa shape index (κ3) is 0.984. The summed E-state index contributed by atoms with van der Waals surface area (Å²) in [4.78, 5) is 7.83. The zero-order valence-corrected chi connectivity index (χ0v) is 5.78. The van der Waals surface area contributed by atoms with Crippen LogP contribution in [0.5, 0.6) is 0 Å². The van der Waals surface area contributed by atoms with Crippen molar-refractivity contribution >= 4 is 18.4 Å². The molecule has 10 heavy (non-hydrogen) atoms. The van der Waals surface area contributed by atoms with E-state index in [1.54, 1.807) is 12.4 Å². The van der Waals surface area contributed by atoms with E-state index in [0.717, 1.165) is 10.8 Å². The Bertz CT molecular complexity index is 240. The predicted molar refractivity (Wildman–Crippen MR) is 34.5 cm³/mol. The molecular weight excluding hydrogens is 152 g/mol. The van der Waals surface area contributed by atoms with Gasteiger partial charge in [0.15, 0.2) is 6.34 Å². The zero-order chi connectivity index (χ0) is 6.10. The maximum atomic E-state index is 3.97. The highest BCUT2D eigenvalue weighted by Gasteiger charge is 2.17. The molecule has 0 aromatic heterocycles. The van der Waals surface area contributed by atoms with Crippen LogP contribution < -0.4 is 17.4 Å². The van der Waals surface area contributed by atoms with Crippen LogP contribution in [-0.2, 0) is 0 Å². The van der Waals surface area contributed by atoms with Crippen molar-refractivity contribution in [1.82, 2.24) is 0 Å². The summed E-state index contributed by atoms with van der Waals surface area (Å²) in [6.45, 7) is 0. The van der Waals surface area contributed by atoms with Crippen molar-refractivity contribution in [3.8, 4) is 0 Å². The van der Waals surface area contributed by atoms with E-state index in [0.29, 0.717) is 0 Å². The van der Waals surface area contributed by atoms with Gasteiger partial charge in [-0.05, 0) is 0 Å². The lowest BCUT2D eigenvalue weighted by atomic mass is 10.5. The largest absolute Gasteiger partial charge is 1.00 e. The third-order valence-electron chi connectivity index (χ3n) is 1.17. The van der Waals surface area contributed by atoms with Crippen molar-refractivity contribution in [2.45, 2.75) is 0 Å². The first-order valence-electron chi connectivity index (χ1n) is 2.64. The summed E-state index contributed by atoms with van der Waals surface area (Å²) in [5.74, 6) is 0.859. The Balaban J connectivity index is 0.000000500. The Morgan fingerprint density at radius 3 is 3.10 bits per heavy atom. The van der Waals surface area contributed by atoms with E-state index in [4.69, 9.17) is 0 Å². The molecule has 0 fully saturated rings. The lowest BCUT2D eigenvalue weighted by Gasteiger charge is -2.00. The van der Waals surface area contributed by atoms with Gasteiger partial charge in [-0.3, -0.25) is 4.99 Å². The number of hydrogen-bond donors (Lipinski definition) is 1. The fourth-order valence-corrected chi connectivity index (χ4v) is 0.741. The molecule has 2 aliphatic heterocycles. The van der Waals surface area contributed by atoms with Crippen molar-refractivity contribution in [1.29, 1.82) is 0 Å². The van der Waals surface area contributed by atoms with Gasteiger partial charge in [0.05, 0.1) is 6.20 Å². The monoisotopic (exact) mass is 156 g/mol. The number of hydrogen-bond acceptors (Lipinski definition) is 3. The molecule has 0 aromatic rings. The second kappa shape index (κ2) is 2.72. The first kappa shape index (κ1) is 7.11. The first-order chi connectivity index (χ1) is 4.47. The van der Waals surface area contributed by atoms with E-state index < -0.39 is 0 Å².